The number of anilines is 1. The summed E-state index contributed by atoms with van der Waals surface area (Å²) in [4.78, 5) is 16.1. The van der Waals surface area contributed by atoms with Crippen molar-refractivity contribution >= 4 is 11.6 Å². The van der Waals surface area contributed by atoms with E-state index in [0.717, 1.165) is 12.1 Å². The summed E-state index contributed by atoms with van der Waals surface area (Å²) < 4.78 is 0. The van der Waals surface area contributed by atoms with Gasteiger partial charge < -0.3 is 11.1 Å². The maximum Gasteiger partial charge on any atom is 0.255 e. The van der Waals surface area contributed by atoms with E-state index in [-0.39, 0.29) is 11.9 Å². The molecule has 1 rings (SSSR count). The Morgan fingerprint density at radius 2 is 2.18 bits per heavy atom. The fourth-order valence-corrected chi connectivity index (χ4v) is 1.55. The third-order valence-electron chi connectivity index (χ3n) is 3.17. The molecule has 0 fully saturated rings. The predicted molar refractivity (Wildman–Crippen MR) is 69.8 cm³/mol. The molecule has 3 N–H and O–H groups in total. The van der Waals surface area contributed by atoms with Crippen LogP contribution >= 0.6 is 0 Å². The van der Waals surface area contributed by atoms with Crippen LogP contribution in [0.25, 0.3) is 0 Å². The minimum Gasteiger partial charge on any atom is -0.398 e. The van der Waals surface area contributed by atoms with Crippen molar-refractivity contribution in [3.63, 3.8) is 0 Å². The van der Waals surface area contributed by atoms with Crippen molar-refractivity contribution in [2.75, 3.05) is 5.73 Å². The summed E-state index contributed by atoms with van der Waals surface area (Å²) in [5.41, 5.74) is 7.55. The quantitative estimate of drug-likeness (QED) is 0.840. The lowest BCUT2D eigenvalue weighted by Crippen LogP contribution is -2.37. The third-order valence-corrected chi connectivity index (χ3v) is 3.17. The molecule has 4 heteroatoms. The summed E-state index contributed by atoms with van der Waals surface area (Å²) in [6.07, 6.45) is 2.56. The highest BCUT2D eigenvalue weighted by Crippen LogP contribution is 2.13. The highest BCUT2D eigenvalue weighted by Gasteiger charge is 2.16. The minimum atomic E-state index is -0.150. The summed E-state index contributed by atoms with van der Waals surface area (Å²) in [5, 5.41) is 2.95. The molecule has 0 saturated heterocycles. The highest BCUT2D eigenvalue weighted by molar-refractivity contribution is 5.98. The molecule has 0 aliphatic carbocycles. The summed E-state index contributed by atoms with van der Waals surface area (Å²) in [6.45, 7) is 8.07. The van der Waals surface area contributed by atoms with Gasteiger partial charge in [-0.15, -0.1) is 0 Å². The molecule has 0 bridgehead atoms. The van der Waals surface area contributed by atoms with E-state index < -0.39 is 0 Å². The molecular weight excluding hydrogens is 214 g/mol. The van der Waals surface area contributed by atoms with E-state index in [1.807, 2.05) is 13.8 Å². The molecule has 1 heterocycles. The number of carbonyl (C=O) groups excluding carboxylic acids is 1. The van der Waals surface area contributed by atoms with Crippen molar-refractivity contribution in [2.24, 2.45) is 5.92 Å². The molecular formula is C13H21N3O. The zero-order chi connectivity index (χ0) is 13.0. The molecule has 2 unspecified atom stereocenters. The van der Waals surface area contributed by atoms with Crippen LogP contribution in [0.1, 0.15) is 43.2 Å². The maximum absolute atomic E-state index is 12.0. The van der Waals surface area contributed by atoms with Gasteiger partial charge in [0.25, 0.3) is 5.91 Å². The number of hydrogen-bond acceptors (Lipinski definition) is 3. The van der Waals surface area contributed by atoms with E-state index in [1.165, 1.54) is 6.20 Å². The SMILES string of the molecule is CCC(C)C(C)NC(=O)c1cnc(C)cc1N. The normalized spacial score (nSPS) is 14.1. The molecule has 0 aliphatic rings. The van der Waals surface area contributed by atoms with E-state index in [1.54, 1.807) is 6.07 Å². The van der Waals surface area contributed by atoms with Crippen molar-refractivity contribution < 1.29 is 4.79 Å². The van der Waals surface area contributed by atoms with Gasteiger partial charge in [0.15, 0.2) is 0 Å². The minimum absolute atomic E-state index is 0.133. The van der Waals surface area contributed by atoms with E-state index in [2.05, 4.69) is 24.1 Å². The Morgan fingerprint density at radius 1 is 1.53 bits per heavy atom. The third kappa shape index (κ3) is 3.44. The first kappa shape index (κ1) is 13.5. The second kappa shape index (κ2) is 5.66. The highest BCUT2D eigenvalue weighted by atomic mass is 16.1. The van der Waals surface area contributed by atoms with Gasteiger partial charge in [0.2, 0.25) is 0 Å². The van der Waals surface area contributed by atoms with Gasteiger partial charge in [-0.25, -0.2) is 0 Å². The first-order valence-electron chi connectivity index (χ1n) is 5.98. The van der Waals surface area contributed by atoms with E-state index >= 15 is 0 Å². The number of rotatable bonds is 4. The monoisotopic (exact) mass is 235 g/mol. The lowest BCUT2D eigenvalue weighted by atomic mass is 10.0. The van der Waals surface area contributed by atoms with E-state index in [0.29, 0.717) is 17.2 Å². The number of hydrogen-bond donors (Lipinski definition) is 2. The molecule has 1 aromatic heterocycles. The topological polar surface area (TPSA) is 68.0 Å². The standard InChI is InChI=1S/C13H21N3O/c1-5-8(2)10(4)16-13(17)11-7-15-9(3)6-12(11)14/h6-8,10H,5H2,1-4H3,(H2,14,15)(H,16,17). The van der Waals surface area contributed by atoms with Crippen molar-refractivity contribution in [3.05, 3.63) is 23.5 Å². The number of nitrogens with zero attached hydrogens (tertiary/aromatic N) is 1. The number of nitrogen functional groups attached to an aromatic ring is 1. The molecule has 94 valence electrons. The molecule has 1 amide bonds. The van der Waals surface area contributed by atoms with Crippen LogP contribution in [-0.2, 0) is 0 Å². The Hall–Kier alpha value is -1.58. The number of aryl methyl sites for hydroxylation is 1. The zero-order valence-corrected chi connectivity index (χ0v) is 10.9. The average molecular weight is 235 g/mol. The van der Waals surface area contributed by atoms with Gasteiger partial charge in [-0.3, -0.25) is 9.78 Å². The number of nitrogens with one attached hydrogen (secondary N) is 1. The van der Waals surface area contributed by atoms with Gasteiger partial charge in [0.05, 0.1) is 5.56 Å². The molecule has 0 aliphatic heterocycles. The number of pyridine rings is 1. The fraction of sp³-hybridized carbons (Fsp3) is 0.538. The van der Waals surface area contributed by atoms with Crippen LogP contribution in [0.2, 0.25) is 0 Å². The van der Waals surface area contributed by atoms with Gasteiger partial charge in [-0.05, 0) is 25.8 Å². The summed E-state index contributed by atoms with van der Waals surface area (Å²) >= 11 is 0. The van der Waals surface area contributed by atoms with Crippen LogP contribution in [0.5, 0.6) is 0 Å². The first-order chi connectivity index (χ1) is 7.95. The molecule has 2 atom stereocenters. The molecule has 0 saturated carbocycles. The second-order valence-corrected chi connectivity index (χ2v) is 4.56. The van der Waals surface area contributed by atoms with Crippen LogP contribution in [0.3, 0.4) is 0 Å². The Labute approximate surface area is 103 Å². The van der Waals surface area contributed by atoms with E-state index in [4.69, 9.17) is 5.73 Å². The Bertz CT molecular complexity index is 404. The molecule has 0 spiro atoms. The van der Waals surface area contributed by atoms with Crippen LogP contribution in [0.15, 0.2) is 12.3 Å². The molecule has 0 aromatic carbocycles. The molecule has 17 heavy (non-hydrogen) atoms. The van der Waals surface area contributed by atoms with Gasteiger partial charge in [0.1, 0.15) is 0 Å². The van der Waals surface area contributed by atoms with Crippen LogP contribution in [0, 0.1) is 12.8 Å². The van der Waals surface area contributed by atoms with Crippen molar-refractivity contribution in [3.8, 4) is 0 Å². The van der Waals surface area contributed by atoms with E-state index in [9.17, 15) is 4.79 Å². The van der Waals surface area contributed by atoms with Crippen LogP contribution < -0.4 is 11.1 Å². The van der Waals surface area contributed by atoms with Crippen LogP contribution in [-0.4, -0.2) is 16.9 Å². The summed E-state index contributed by atoms with van der Waals surface area (Å²) in [7, 11) is 0. The van der Waals surface area contributed by atoms with Crippen LogP contribution in [0.4, 0.5) is 5.69 Å². The first-order valence-corrected chi connectivity index (χ1v) is 5.98. The number of aromatic nitrogens is 1. The molecule has 1 aromatic rings. The smallest absolute Gasteiger partial charge is 0.255 e. The fourth-order valence-electron chi connectivity index (χ4n) is 1.55. The zero-order valence-electron chi connectivity index (χ0n) is 10.9. The lowest BCUT2D eigenvalue weighted by molar-refractivity contribution is 0.0928. The Morgan fingerprint density at radius 3 is 2.71 bits per heavy atom. The molecule has 0 radical (unpaired) electrons. The Balaban J connectivity index is 2.76. The largest absolute Gasteiger partial charge is 0.398 e. The Kier molecular flexibility index (Phi) is 4.49. The van der Waals surface area contributed by atoms with Gasteiger partial charge >= 0.3 is 0 Å². The number of nitrogens with two attached hydrogens (primary N) is 1. The summed E-state index contributed by atoms with van der Waals surface area (Å²) in [6, 6.07) is 1.84. The second-order valence-electron chi connectivity index (χ2n) is 4.56. The molecule has 4 nitrogen and oxygen atoms in total. The van der Waals surface area contributed by atoms with Crippen molar-refractivity contribution in [1.29, 1.82) is 0 Å². The average Bonchev–Trinajstić information content (AvgIpc) is 2.27. The van der Waals surface area contributed by atoms with Gasteiger partial charge in [-0.1, -0.05) is 20.3 Å². The van der Waals surface area contributed by atoms with Crippen molar-refractivity contribution in [1.82, 2.24) is 10.3 Å². The number of amides is 1. The summed E-state index contributed by atoms with van der Waals surface area (Å²) in [5.74, 6) is 0.293. The predicted octanol–water partition coefficient (Wildman–Crippen LogP) is 2.14. The lowest BCUT2D eigenvalue weighted by Gasteiger charge is -2.20. The van der Waals surface area contributed by atoms with Gasteiger partial charge in [-0.2, -0.15) is 0 Å². The number of carbonyl (C=O) groups is 1. The van der Waals surface area contributed by atoms with Crippen molar-refractivity contribution in [2.45, 2.75) is 40.2 Å². The van der Waals surface area contributed by atoms with Gasteiger partial charge in [0, 0.05) is 23.6 Å². The maximum atomic E-state index is 12.0.